The Hall–Kier alpha value is -1.14. The Balaban J connectivity index is 1.96. The number of nitrogens with zero attached hydrogens (tertiary/aromatic N) is 3. The molecule has 7 heteroatoms. The molecular weight excluding hydrogens is 236 g/mol. The predicted octanol–water partition coefficient (Wildman–Crippen LogP) is 2.19. The molecule has 0 aliphatic rings. The molecule has 15 heavy (non-hydrogen) atoms. The topological polar surface area (TPSA) is 63.8 Å². The summed E-state index contributed by atoms with van der Waals surface area (Å²) in [6, 6.07) is 0.387. The molecule has 2 rings (SSSR count). The van der Waals surface area contributed by atoms with Gasteiger partial charge in [0.05, 0.1) is 17.7 Å². The molecule has 5 nitrogen and oxygen atoms in total. The highest BCUT2D eigenvalue weighted by Gasteiger charge is 2.06. The minimum absolute atomic E-state index is 0.230. The molecule has 2 aromatic rings. The second-order valence-electron chi connectivity index (χ2n) is 2.85. The summed E-state index contributed by atoms with van der Waals surface area (Å²) in [6.45, 7) is 2.60. The Kier molecular flexibility index (Phi) is 3.17. The largest absolute Gasteiger partial charge is 0.407 e. The standard InChI is InChI=1S/C8H9ClN4OS/c1-5-6(15-4-11-5)3-10-8-13-12-7(2-9)14-8/h4H,2-3H2,1H3,(H,10,13). The maximum absolute atomic E-state index is 5.53. The van der Waals surface area contributed by atoms with Crippen LogP contribution in [0.15, 0.2) is 9.93 Å². The molecule has 0 saturated heterocycles. The lowest BCUT2D eigenvalue weighted by Gasteiger charge is -1.98. The van der Waals surface area contributed by atoms with Crippen molar-refractivity contribution in [2.45, 2.75) is 19.3 Å². The first-order chi connectivity index (χ1) is 7.29. The van der Waals surface area contributed by atoms with Crippen LogP contribution in [-0.4, -0.2) is 15.2 Å². The van der Waals surface area contributed by atoms with E-state index in [1.54, 1.807) is 11.3 Å². The Morgan fingerprint density at radius 1 is 1.53 bits per heavy atom. The number of aryl methyl sites for hydroxylation is 1. The predicted molar refractivity (Wildman–Crippen MR) is 58.0 cm³/mol. The molecule has 0 aromatic carbocycles. The normalized spacial score (nSPS) is 10.5. The summed E-state index contributed by atoms with van der Waals surface area (Å²) >= 11 is 7.13. The van der Waals surface area contributed by atoms with Crippen LogP contribution in [0.3, 0.4) is 0 Å². The van der Waals surface area contributed by atoms with E-state index in [1.807, 2.05) is 12.4 Å². The van der Waals surface area contributed by atoms with Gasteiger partial charge in [0.1, 0.15) is 5.88 Å². The molecule has 0 fully saturated rings. The summed E-state index contributed by atoms with van der Waals surface area (Å²) in [7, 11) is 0. The lowest BCUT2D eigenvalue weighted by atomic mass is 10.4. The second kappa shape index (κ2) is 4.59. The highest BCUT2D eigenvalue weighted by molar-refractivity contribution is 7.09. The number of aromatic nitrogens is 3. The molecule has 0 unspecified atom stereocenters. The number of hydrogen-bond donors (Lipinski definition) is 1. The summed E-state index contributed by atoms with van der Waals surface area (Å²) in [5.41, 5.74) is 2.83. The molecule has 0 spiro atoms. The van der Waals surface area contributed by atoms with Crippen LogP contribution in [0.5, 0.6) is 0 Å². The van der Waals surface area contributed by atoms with Crippen molar-refractivity contribution in [1.82, 2.24) is 15.2 Å². The molecule has 0 aliphatic carbocycles. The molecule has 0 radical (unpaired) electrons. The third-order valence-corrected chi connectivity index (χ3v) is 2.99. The van der Waals surface area contributed by atoms with Crippen molar-refractivity contribution < 1.29 is 4.42 Å². The van der Waals surface area contributed by atoms with E-state index in [9.17, 15) is 0 Å². The van der Waals surface area contributed by atoms with Crippen molar-refractivity contribution in [3.8, 4) is 0 Å². The first-order valence-corrected chi connectivity index (χ1v) is 5.72. The molecule has 0 amide bonds. The Labute approximate surface area is 95.5 Å². The summed E-state index contributed by atoms with van der Waals surface area (Å²) in [6.07, 6.45) is 0. The fourth-order valence-electron chi connectivity index (χ4n) is 1.03. The summed E-state index contributed by atoms with van der Waals surface area (Å²) in [5, 5.41) is 10.5. The first kappa shape index (κ1) is 10.4. The zero-order valence-corrected chi connectivity index (χ0v) is 9.60. The first-order valence-electron chi connectivity index (χ1n) is 4.31. The van der Waals surface area contributed by atoms with E-state index in [1.165, 1.54) is 0 Å². The highest BCUT2D eigenvalue weighted by atomic mass is 35.5. The fourth-order valence-corrected chi connectivity index (χ4v) is 1.86. The van der Waals surface area contributed by atoms with Gasteiger partial charge in [-0.15, -0.1) is 28.0 Å². The number of thiazole rings is 1. The van der Waals surface area contributed by atoms with E-state index >= 15 is 0 Å². The molecule has 2 heterocycles. The molecular formula is C8H9ClN4OS. The number of hydrogen-bond acceptors (Lipinski definition) is 6. The van der Waals surface area contributed by atoms with Crippen LogP contribution in [0, 0.1) is 6.92 Å². The summed E-state index contributed by atoms with van der Waals surface area (Å²) in [5.74, 6) is 0.647. The Morgan fingerprint density at radius 3 is 3.00 bits per heavy atom. The Morgan fingerprint density at radius 2 is 2.40 bits per heavy atom. The van der Waals surface area contributed by atoms with Crippen molar-refractivity contribution in [2.24, 2.45) is 0 Å². The fraction of sp³-hybridized carbons (Fsp3) is 0.375. The highest BCUT2D eigenvalue weighted by Crippen LogP contribution is 2.14. The number of nitrogens with one attached hydrogen (secondary N) is 1. The monoisotopic (exact) mass is 244 g/mol. The lowest BCUT2D eigenvalue weighted by Crippen LogP contribution is -1.99. The minimum Gasteiger partial charge on any atom is -0.407 e. The maximum Gasteiger partial charge on any atom is 0.315 e. The third-order valence-electron chi connectivity index (χ3n) is 1.83. The van der Waals surface area contributed by atoms with E-state index in [0.29, 0.717) is 18.5 Å². The van der Waals surface area contributed by atoms with Crippen molar-refractivity contribution in [3.63, 3.8) is 0 Å². The quantitative estimate of drug-likeness (QED) is 0.836. The zero-order chi connectivity index (χ0) is 10.7. The molecule has 2 aromatic heterocycles. The van der Waals surface area contributed by atoms with Crippen molar-refractivity contribution in [1.29, 1.82) is 0 Å². The van der Waals surface area contributed by atoms with E-state index in [4.69, 9.17) is 16.0 Å². The molecule has 0 saturated carbocycles. The van der Waals surface area contributed by atoms with Crippen molar-refractivity contribution in [3.05, 3.63) is 22.0 Å². The van der Waals surface area contributed by atoms with Crippen molar-refractivity contribution >= 4 is 29.0 Å². The van der Waals surface area contributed by atoms with E-state index < -0.39 is 0 Å². The van der Waals surface area contributed by atoms with Crippen LogP contribution in [0.4, 0.5) is 6.01 Å². The summed E-state index contributed by atoms with van der Waals surface area (Å²) in [4.78, 5) is 5.29. The van der Waals surface area contributed by atoms with Crippen LogP contribution in [-0.2, 0) is 12.4 Å². The smallest absolute Gasteiger partial charge is 0.315 e. The zero-order valence-electron chi connectivity index (χ0n) is 8.03. The maximum atomic E-state index is 5.53. The minimum atomic E-state index is 0.230. The average molecular weight is 245 g/mol. The second-order valence-corrected chi connectivity index (χ2v) is 4.06. The van der Waals surface area contributed by atoms with Crippen LogP contribution in [0.2, 0.25) is 0 Å². The molecule has 0 bridgehead atoms. The van der Waals surface area contributed by atoms with Crippen LogP contribution < -0.4 is 5.32 Å². The van der Waals surface area contributed by atoms with Crippen LogP contribution in [0.1, 0.15) is 16.5 Å². The van der Waals surface area contributed by atoms with Gasteiger partial charge in [-0.2, -0.15) is 0 Å². The SMILES string of the molecule is Cc1ncsc1CNc1nnc(CCl)o1. The summed E-state index contributed by atoms with van der Waals surface area (Å²) < 4.78 is 5.19. The molecule has 0 aliphatic heterocycles. The number of halogens is 1. The molecule has 80 valence electrons. The number of rotatable bonds is 4. The van der Waals surface area contributed by atoms with E-state index in [2.05, 4.69) is 20.5 Å². The van der Waals surface area contributed by atoms with Gasteiger partial charge in [-0.25, -0.2) is 4.98 Å². The van der Waals surface area contributed by atoms with Crippen LogP contribution >= 0.6 is 22.9 Å². The van der Waals surface area contributed by atoms with E-state index in [-0.39, 0.29) is 5.88 Å². The number of alkyl halides is 1. The number of anilines is 1. The van der Waals surface area contributed by atoms with Crippen LogP contribution in [0.25, 0.3) is 0 Å². The van der Waals surface area contributed by atoms with E-state index in [0.717, 1.165) is 10.6 Å². The molecule has 0 atom stereocenters. The van der Waals surface area contributed by atoms with Gasteiger partial charge in [-0.3, -0.25) is 0 Å². The van der Waals surface area contributed by atoms with Gasteiger partial charge in [0.25, 0.3) is 0 Å². The lowest BCUT2D eigenvalue weighted by molar-refractivity contribution is 0.525. The van der Waals surface area contributed by atoms with Crippen molar-refractivity contribution in [2.75, 3.05) is 5.32 Å². The average Bonchev–Trinajstić information content (AvgIpc) is 2.84. The molecule has 1 N–H and O–H groups in total. The Bertz CT molecular complexity index is 441. The third kappa shape index (κ3) is 2.45. The van der Waals surface area contributed by atoms with Gasteiger partial charge in [0.15, 0.2) is 0 Å². The van der Waals surface area contributed by atoms with Gasteiger partial charge in [-0.1, -0.05) is 5.10 Å². The van der Waals surface area contributed by atoms with Gasteiger partial charge < -0.3 is 9.73 Å². The van der Waals surface area contributed by atoms with Gasteiger partial charge >= 0.3 is 6.01 Å². The van der Waals surface area contributed by atoms with Gasteiger partial charge in [0.2, 0.25) is 5.89 Å². The van der Waals surface area contributed by atoms with Gasteiger partial charge in [0, 0.05) is 4.88 Å². The van der Waals surface area contributed by atoms with Gasteiger partial charge in [-0.05, 0) is 6.92 Å².